The number of hydrogen-bond acceptors (Lipinski definition) is 11. The van der Waals surface area contributed by atoms with E-state index in [1.165, 1.54) is 28.3 Å². The van der Waals surface area contributed by atoms with Crippen LogP contribution in [0.5, 0.6) is 0 Å². The van der Waals surface area contributed by atoms with E-state index in [4.69, 9.17) is 18.0 Å². The van der Waals surface area contributed by atoms with Crippen molar-refractivity contribution in [1.82, 2.24) is 5.32 Å². The minimum Gasteiger partial charge on any atom is -0.748 e. The second-order valence-electron chi connectivity index (χ2n) is 6.76. The molecular weight excluding hydrogens is 458 g/mol. The van der Waals surface area contributed by atoms with E-state index in [-0.39, 0.29) is 11.7 Å². The highest BCUT2D eigenvalue weighted by molar-refractivity contribution is 8.00. The number of hydrogen-bond donors (Lipinski definition) is 2. The first kappa shape index (κ1) is 29.3. The Kier molecular flexibility index (Phi) is 13.3. The second-order valence-corrected chi connectivity index (χ2v) is 12.7. The lowest BCUT2D eigenvalue weighted by Crippen LogP contribution is -2.43. The fraction of sp³-hybridized carbons (Fsp3) is 0.875. The molecule has 11 nitrogen and oxygen atoms in total. The summed E-state index contributed by atoms with van der Waals surface area (Å²) in [5.41, 5.74) is -1.34. The average Bonchev–Trinajstić information content (AvgIpc) is 2.71. The van der Waals surface area contributed by atoms with Gasteiger partial charge in [-0.1, -0.05) is 0 Å². The smallest absolute Gasteiger partial charge is 0.500 e. The van der Waals surface area contributed by atoms with Gasteiger partial charge >= 0.3 is 14.8 Å². The van der Waals surface area contributed by atoms with Crippen LogP contribution in [0.3, 0.4) is 0 Å². The van der Waals surface area contributed by atoms with Gasteiger partial charge in [-0.25, -0.2) is 8.42 Å². The Bertz CT molecular complexity index is 636. The summed E-state index contributed by atoms with van der Waals surface area (Å²) in [5.74, 6) is -1.86. The fourth-order valence-corrected chi connectivity index (χ4v) is 5.25. The van der Waals surface area contributed by atoms with Crippen LogP contribution in [0.1, 0.15) is 20.3 Å². The number of nitrogens with one attached hydrogen (secondary N) is 1. The van der Waals surface area contributed by atoms with Crippen LogP contribution in [0, 0.1) is 5.41 Å². The molecule has 1 amide bonds. The summed E-state index contributed by atoms with van der Waals surface area (Å²) in [5, 5.41) is 11.8. The van der Waals surface area contributed by atoms with Crippen molar-refractivity contribution in [3.63, 3.8) is 0 Å². The second kappa shape index (κ2) is 13.6. The van der Waals surface area contributed by atoms with Gasteiger partial charge in [0.15, 0.2) is 0 Å². The van der Waals surface area contributed by atoms with Gasteiger partial charge < -0.3 is 33.0 Å². The number of aliphatic hydroxyl groups excluding tert-OH is 1. The van der Waals surface area contributed by atoms with Crippen molar-refractivity contribution in [2.24, 2.45) is 5.41 Å². The topological polar surface area (TPSA) is 161 Å². The lowest BCUT2D eigenvalue weighted by Gasteiger charge is -2.26. The number of rotatable bonds is 16. The van der Waals surface area contributed by atoms with Gasteiger partial charge in [0, 0.05) is 39.7 Å². The van der Waals surface area contributed by atoms with Gasteiger partial charge in [-0.3, -0.25) is 9.59 Å². The number of carbonyl (C=O) groups is 2. The van der Waals surface area contributed by atoms with Crippen molar-refractivity contribution in [2.75, 3.05) is 52.6 Å². The fourth-order valence-electron chi connectivity index (χ4n) is 2.18. The van der Waals surface area contributed by atoms with Crippen LogP contribution in [0.2, 0.25) is 6.04 Å². The Morgan fingerprint density at radius 1 is 1.23 bits per heavy atom. The molecule has 0 aliphatic carbocycles. The molecule has 0 bridgehead atoms. The monoisotopic (exact) mass is 490 g/mol. The molecule has 0 radical (unpaired) electrons. The molecule has 0 heterocycles. The Morgan fingerprint density at radius 2 is 1.80 bits per heavy atom. The maximum absolute atomic E-state index is 12.2. The van der Waals surface area contributed by atoms with E-state index in [0.29, 0.717) is 19.0 Å². The molecule has 0 aromatic carbocycles. The summed E-state index contributed by atoms with van der Waals surface area (Å²) in [4.78, 5) is 24.4. The summed E-state index contributed by atoms with van der Waals surface area (Å²) in [6.45, 7) is 2.33. The highest BCUT2D eigenvalue weighted by Gasteiger charge is 2.37. The van der Waals surface area contributed by atoms with Crippen molar-refractivity contribution in [1.29, 1.82) is 0 Å². The van der Waals surface area contributed by atoms with E-state index in [1.54, 1.807) is 6.92 Å². The lowest BCUT2D eigenvalue weighted by atomic mass is 9.95. The molecule has 2 unspecified atom stereocenters. The van der Waals surface area contributed by atoms with Crippen molar-refractivity contribution in [2.45, 2.75) is 31.6 Å². The van der Waals surface area contributed by atoms with Crippen molar-refractivity contribution < 1.29 is 45.7 Å². The van der Waals surface area contributed by atoms with Gasteiger partial charge in [-0.2, -0.15) is 0 Å². The number of carbonyl (C=O) groups excluding carboxylic acids is 2. The molecule has 0 aliphatic rings. The molecule has 14 heteroatoms. The van der Waals surface area contributed by atoms with E-state index in [2.05, 4.69) is 5.32 Å². The molecule has 0 saturated carbocycles. The van der Waals surface area contributed by atoms with E-state index in [0.717, 1.165) is 11.8 Å². The zero-order valence-corrected chi connectivity index (χ0v) is 20.6. The number of thioether (sulfide) groups is 1. The van der Waals surface area contributed by atoms with E-state index >= 15 is 0 Å². The maximum atomic E-state index is 12.2. The Hall–Kier alpha value is -0.743. The van der Waals surface area contributed by atoms with Crippen molar-refractivity contribution in [3.8, 4) is 0 Å². The normalized spacial score (nSPS) is 15.3. The molecule has 0 aromatic heterocycles. The minimum absolute atomic E-state index is 0.0636. The molecule has 178 valence electrons. The minimum atomic E-state index is -4.50. The third-order valence-corrected chi connectivity index (χ3v) is 9.34. The molecule has 2 atom stereocenters. The third-order valence-electron chi connectivity index (χ3n) is 4.32. The average molecular weight is 491 g/mol. The Balaban J connectivity index is 4.47. The summed E-state index contributed by atoms with van der Waals surface area (Å²) < 4.78 is 52.4. The number of esters is 1. The summed E-state index contributed by atoms with van der Waals surface area (Å²) in [6.07, 6.45) is 0.591. The lowest BCUT2D eigenvalue weighted by molar-refractivity contribution is -0.155. The molecular formula is C16H32NO10S2Si-. The Morgan fingerprint density at radius 3 is 2.27 bits per heavy atom. The molecule has 0 aromatic rings. The quantitative estimate of drug-likeness (QED) is 0.125. The van der Waals surface area contributed by atoms with Crippen molar-refractivity contribution in [3.05, 3.63) is 0 Å². The first-order chi connectivity index (χ1) is 13.9. The molecule has 0 aliphatic heterocycles. The van der Waals surface area contributed by atoms with Gasteiger partial charge in [0.25, 0.3) is 0 Å². The summed E-state index contributed by atoms with van der Waals surface area (Å²) in [7, 11) is -2.65. The van der Waals surface area contributed by atoms with Crippen LogP contribution in [0.25, 0.3) is 0 Å². The SMILES string of the molecule is CO[Si](CCCNC(=O)C(C)SCC(C)(CO)C(=O)OCCS(=O)(=O)[O-])(OC)OC. The van der Waals surface area contributed by atoms with Crippen LogP contribution in [0.15, 0.2) is 0 Å². The first-order valence-corrected chi connectivity index (χ1v) is 13.7. The van der Waals surface area contributed by atoms with E-state index in [1.807, 2.05) is 0 Å². The maximum Gasteiger partial charge on any atom is 0.500 e. The van der Waals surface area contributed by atoms with Crippen LogP contribution in [-0.4, -0.2) is 96.6 Å². The molecule has 30 heavy (non-hydrogen) atoms. The van der Waals surface area contributed by atoms with Crippen molar-refractivity contribution >= 4 is 42.6 Å². The summed E-state index contributed by atoms with van der Waals surface area (Å²) in [6, 6.07) is 0.534. The van der Waals surface area contributed by atoms with Crippen LogP contribution < -0.4 is 5.32 Å². The Labute approximate surface area is 183 Å². The summed E-state index contributed by atoms with van der Waals surface area (Å²) >= 11 is 1.14. The van der Waals surface area contributed by atoms with Gasteiger partial charge in [-0.15, -0.1) is 11.8 Å². The largest absolute Gasteiger partial charge is 0.748 e. The molecule has 2 N–H and O–H groups in total. The van der Waals surface area contributed by atoms with Crippen LogP contribution >= 0.6 is 11.8 Å². The highest BCUT2D eigenvalue weighted by Crippen LogP contribution is 2.26. The molecule has 0 fully saturated rings. The van der Waals surface area contributed by atoms with Gasteiger partial charge in [0.2, 0.25) is 5.91 Å². The third kappa shape index (κ3) is 10.5. The first-order valence-electron chi connectivity index (χ1n) is 9.15. The van der Waals surface area contributed by atoms with Gasteiger partial charge in [0.1, 0.15) is 6.61 Å². The number of amides is 1. The molecule has 0 rings (SSSR count). The predicted octanol–water partition coefficient (Wildman–Crippen LogP) is -0.420. The molecule has 0 spiro atoms. The van der Waals surface area contributed by atoms with E-state index < -0.39 is 54.5 Å². The van der Waals surface area contributed by atoms with E-state index in [9.17, 15) is 27.7 Å². The molecule has 0 saturated heterocycles. The number of ether oxygens (including phenoxy) is 1. The van der Waals surface area contributed by atoms with Crippen LogP contribution in [-0.2, 0) is 37.7 Å². The standard InChI is InChI=1S/C16H33NO10S2Si/c1-13(14(19)17-7-6-10-30(24-3,25-4)26-5)28-12-16(2,11-18)15(20)27-8-9-29(21,22)23/h13,18H,6-12H2,1-5H3,(H,17,19)(H,21,22,23)/p-1. The van der Waals surface area contributed by atoms with Crippen LogP contribution in [0.4, 0.5) is 0 Å². The number of aliphatic hydroxyl groups is 1. The zero-order chi connectivity index (χ0) is 23.4. The highest BCUT2D eigenvalue weighted by atomic mass is 32.2. The zero-order valence-electron chi connectivity index (χ0n) is 18.0. The predicted molar refractivity (Wildman–Crippen MR) is 112 cm³/mol. The van der Waals surface area contributed by atoms with Gasteiger partial charge in [-0.05, 0) is 20.3 Å². The van der Waals surface area contributed by atoms with Gasteiger partial charge in [0.05, 0.1) is 33.1 Å².